The van der Waals surface area contributed by atoms with Crippen LogP contribution in [-0.4, -0.2) is 37.6 Å². The molecule has 1 aromatic carbocycles. The highest BCUT2D eigenvalue weighted by Gasteiger charge is 2.52. The molecule has 176 valence electrons. The largest absolute Gasteiger partial charge is 0.493 e. The first-order valence-electron chi connectivity index (χ1n) is 12.4. The van der Waals surface area contributed by atoms with Crippen molar-refractivity contribution in [2.24, 2.45) is 10.8 Å². The zero-order chi connectivity index (χ0) is 22.9. The molecule has 32 heavy (non-hydrogen) atoms. The molecule has 2 heterocycles. The average Bonchev–Trinajstić information content (AvgIpc) is 2.81. The summed E-state index contributed by atoms with van der Waals surface area (Å²) in [5.74, 6) is 2.29. The zero-order valence-electron chi connectivity index (χ0n) is 20.6. The number of hydrogen-bond donors (Lipinski definition) is 0. The number of rotatable bonds is 9. The van der Waals surface area contributed by atoms with Crippen molar-refractivity contribution in [1.29, 1.82) is 0 Å². The quantitative estimate of drug-likeness (QED) is 0.444. The molecule has 1 aromatic rings. The minimum absolute atomic E-state index is 0.128. The van der Waals surface area contributed by atoms with E-state index in [0.29, 0.717) is 12.5 Å². The van der Waals surface area contributed by atoms with Crippen LogP contribution in [-0.2, 0) is 14.2 Å². The second kappa shape index (κ2) is 9.23. The van der Waals surface area contributed by atoms with E-state index in [4.69, 9.17) is 18.9 Å². The molecule has 4 nitrogen and oxygen atoms in total. The minimum atomic E-state index is 0.128. The van der Waals surface area contributed by atoms with Gasteiger partial charge in [-0.2, -0.15) is 0 Å². The van der Waals surface area contributed by atoms with Gasteiger partial charge in [0.25, 0.3) is 0 Å². The lowest BCUT2D eigenvalue weighted by Crippen LogP contribution is -2.59. The summed E-state index contributed by atoms with van der Waals surface area (Å²) in [6.45, 7) is 14.5. The van der Waals surface area contributed by atoms with Crippen LogP contribution in [0.3, 0.4) is 0 Å². The SMILES string of the molecule is CCC1(COC2=CC[C@@H](c3ccc(OCC4(CC)C(C)OC4C)cc3)C=C2)C(C)OC1C. The summed E-state index contributed by atoms with van der Waals surface area (Å²) in [5, 5.41) is 0. The van der Waals surface area contributed by atoms with Crippen molar-refractivity contribution in [2.45, 2.75) is 91.1 Å². The highest BCUT2D eigenvalue weighted by molar-refractivity contribution is 5.35. The van der Waals surface area contributed by atoms with Gasteiger partial charge in [0, 0.05) is 5.92 Å². The number of ether oxygens (including phenoxy) is 4. The summed E-state index contributed by atoms with van der Waals surface area (Å²) in [6.07, 6.45) is 10.8. The lowest BCUT2D eigenvalue weighted by Gasteiger charge is -2.52. The lowest BCUT2D eigenvalue weighted by molar-refractivity contribution is -0.251. The molecule has 2 fully saturated rings. The molecule has 4 unspecified atom stereocenters. The third-order valence-corrected chi connectivity index (χ3v) is 8.76. The predicted octanol–water partition coefficient (Wildman–Crippen LogP) is 6.42. The first kappa shape index (κ1) is 23.4. The van der Waals surface area contributed by atoms with Crippen LogP contribution in [0.15, 0.2) is 48.3 Å². The molecule has 4 rings (SSSR count). The van der Waals surface area contributed by atoms with E-state index >= 15 is 0 Å². The van der Waals surface area contributed by atoms with Gasteiger partial charge in [0.2, 0.25) is 0 Å². The first-order valence-corrected chi connectivity index (χ1v) is 12.4. The standard InChI is InChI=1S/C28H40O4/c1-7-27(19(3)31-20(27)4)17-29-25-13-9-23(10-14-25)24-11-15-26(16-12-24)30-18-28(8-2)21(5)32-22(28)6/h9-11,13-16,19-22,24H,7-8,12,17-18H2,1-6H3/t19?,20?,21?,22?,24-,27?,28?/m0/s1. The van der Waals surface area contributed by atoms with Crippen LogP contribution >= 0.6 is 0 Å². The van der Waals surface area contributed by atoms with Crippen LogP contribution < -0.4 is 4.74 Å². The molecule has 1 aliphatic carbocycles. The maximum Gasteiger partial charge on any atom is 0.119 e. The van der Waals surface area contributed by atoms with Crippen LogP contribution in [0.25, 0.3) is 0 Å². The molecule has 4 heteroatoms. The first-order chi connectivity index (χ1) is 15.3. The van der Waals surface area contributed by atoms with Crippen LogP contribution in [0.2, 0.25) is 0 Å². The summed E-state index contributed by atoms with van der Waals surface area (Å²) in [4.78, 5) is 0. The fourth-order valence-electron chi connectivity index (χ4n) is 5.70. The van der Waals surface area contributed by atoms with Crippen molar-refractivity contribution in [3.8, 4) is 5.75 Å². The van der Waals surface area contributed by atoms with Gasteiger partial charge in [-0.3, -0.25) is 0 Å². The van der Waals surface area contributed by atoms with E-state index in [0.717, 1.165) is 37.4 Å². The molecular formula is C28H40O4. The Balaban J connectivity index is 1.29. The number of benzene rings is 1. The van der Waals surface area contributed by atoms with Gasteiger partial charge in [0.1, 0.15) is 11.5 Å². The summed E-state index contributed by atoms with van der Waals surface area (Å²) >= 11 is 0. The lowest BCUT2D eigenvalue weighted by atomic mass is 9.71. The van der Waals surface area contributed by atoms with Crippen molar-refractivity contribution >= 4 is 0 Å². The van der Waals surface area contributed by atoms with E-state index in [1.54, 1.807) is 0 Å². The van der Waals surface area contributed by atoms with Gasteiger partial charge < -0.3 is 18.9 Å². The third-order valence-electron chi connectivity index (χ3n) is 8.76. The van der Waals surface area contributed by atoms with Gasteiger partial charge in [-0.05, 0) is 76.8 Å². The molecule has 0 radical (unpaired) electrons. The molecular weight excluding hydrogens is 400 g/mol. The fraction of sp³-hybridized carbons (Fsp3) is 0.643. The van der Waals surface area contributed by atoms with Crippen molar-refractivity contribution in [1.82, 2.24) is 0 Å². The van der Waals surface area contributed by atoms with Crippen LogP contribution in [0.1, 0.15) is 72.3 Å². The zero-order valence-corrected chi connectivity index (χ0v) is 20.6. The summed E-state index contributed by atoms with van der Waals surface area (Å²) in [7, 11) is 0. The van der Waals surface area contributed by atoms with E-state index in [2.05, 4.69) is 84.0 Å². The number of hydrogen-bond acceptors (Lipinski definition) is 4. The highest BCUT2D eigenvalue weighted by Crippen LogP contribution is 2.46. The van der Waals surface area contributed by atoms with Gasteiger partial charge in [0.05, 0.1) is 48.5 Å². The van der Waals surface area contributed by atoms with Crippen molar-refractivity contribution in [2.75, 3.05) is 13.2 Å². The summed E-state index contributed by atoms with van der Waals surface area (Å²) in [5.41, 5.74) is 1.57. The van der Waals surface area contributed by atoms with Crippen molar-refractivity contribution in [3.63, 3.8) is 0 Å². The fourth-order valence-corrected chi connectivity index (χ4v) is 5.70. The van der Waals surface area contributed by atoms with E-state index < -0.39 is 0 Å². The third kappa shape index (κ3) is 4.01. The molecule has 0 spiro atoms. The number of allylic oxidation sites excluding steroid dienone is 3. The second-order valence-electron chi connectivity index (χ2n) is 9.97. The predicted molar refractivity (Wildman–Crippen MR) is 128 cm³/mol. The molecule has 0 aromatic heterocycles. The Morgan fingerprint density at radius 2 is 1.34 bits per heavy atom. The molecule has 5 atom stereocenters. The Morgan fingerprint density at radius 3 is 1.78 bits per heavy atom. The molecule has 0 saturated carbocycles. The Bertz CT molecular complexity index is 823. The van der Waals surface area contributed by atoms with Gasteiger partial charge >= 0.3 is 0 Å². The maximum atomic E-state index is 6.20. The van der Waals surface area contributed by atoms with Crippen LogP contribution in [0, 0.1) is 10.8 Å². The topological polar surface area (TPSA) is 36.9 Å². The van der Waals surface area contributed by atoms with E-state index in [1.165, 1.54) is 5.56 Å². The molecule has 2 aliphatic heterocycles. The molecule has 0 amide bonds. The Labute approximate surface area is 194 Å². The molecule has 3 aliphatic rings. The van der Waals surface area contributed by atoms with E-state index in [9.17, 15) is 0 Å². The Morgan fingerprint density at radius 1 is 0.812 bits per heavy atom. The van der Waals surface area contributed by atoms with Gasteiger partial charge in [-0.1, -0.05) is 32.1 Å². The second-order valence-corrected chi connectivity index (χ2v) is 9.97. The smallest absolute Gasteiger partial charge is 0.119 e. The maximum absolute atomic E-state index is 6.20. The van der Waals surface area contributed by atoms with E-state index in [1.807, 2.05) is 0 Å². The van der Waals surface area contributed by atoms with Gasteiger partial charge in [-0.25, -0.2) is 0 Å². The van der Waals surface area contributed by atoms with Crippen LogP contribution in [0.4, 0.5) is 0 Å². The highest BCUT2D eigenvalue weighted by atomic mass is 16.5. The summed E-state index contributed by atoms with van der Waals surface area (Å²) in [6, 6.07) is 8.57. The minimum Gasteiger partial charge on any atom is -0.493 e. The van der Waals surface area contributed by atoms with Crippen molar-refractivity contribution < 1.29 is 18.9 Å². The Hall–Kier alpha value is -1.78. The van der Waals surface area contributed by atoms with Gasteiger partial charge in [0.15, 0.2) is 0 Å². The molecule has 0 N–H and O–H groups in total. The Kier molecular flexibility index (Phi) is 6.74. The molecule has 0 bridgehead atoms. The summed E-state index contributed by atoms with van der Waals surface area (Å²) < 4.78 is 24.0. The van der Waals surface area contributed by atoms with Crippen molar-refractivity contribution in [3.05, 3.63) is 53.8 Å². The van der Waals surface area contributed by atoms with Crippen LogP contribution in [0.5, 0.6) is 5.75 Å². The molecule has 2 saturated heterocycles. The van der Waals surface area contributed by atoms with E-state index in [-0.39, 0.29) is 35.2 Å². The monoisotopic (exact) mass is 440 g/mol. The van der Waals surface area contributed by atoms with Gasteiger partial charge in [-0.15, -0.1) is 0 Å². The normalized spacial score (nSPS) is 38.4. The average molecular weight is 441 g/mol.